The number of nitrogens with one attached hydrogen (secondary N) is 1. The zero-order valence-corrected chi connectivity index (χ0v) is 11.3. The molecule has 1 rings (SSSR count). The smallest absolute Gasteiger partial charge is 0.222 e. The van der Waals surface area contributed by atoms with Crippen molar-refractivity contribution in [2.24, 2.45) is 5.73 Å². The van der Waals surface area contributed by atoms with Gasteiger partial charge in [-0.3, -0.25) is 9.59 Å². The molecule has 5 heteroatoms. The van der Waals surface area contributed by atoms with Gasteiger partial charge in [-0.05, 0) is 32.2 Å². The summed E-state index contributed by atoms with van der Waals surface area (Å²) in [5.41, 5.74) is 5.41. The van der Waals surface area contributed by atoms with E-state index >= 15 is 0 Å². The van der Waals surface area contributed by atoms with E-state index in [1.54, 1.807) is 0 Å². The van der Waals surface area contributed by atoms with E-state index in [0.29, 0.717) is 13.0 Å². The summed E-state index contributed by atoms with van der Waals surface area (Å²) in [6.45, 7) is 3.77. The van der Waals surface area contributed by atoms with Crippen molar-refractivity contribution in [2.75, 3.05) is 19.6 Å². The van der Waals surface area contributed by atoms with Gasteiger partial charge in [-0.15, -0.1) is 0 Å². The molecule has 1 aliphatic rings. The molecule has 2 amide bonds. The standard InChI is InChI=1S/C13H25N3O2/c1-11(17)15-12-6-9-16(10-7-12)13(18)5-3-2-4-8-14/h12H,2-10,14H2,1H3,(H,15,17). The molecule has 0 spiro atoms. The summed E-state index contributed by atoms with van der Waals surface area (Å²) in [6.07, 6.45) is 5.33. The van der Waals surface area contributed by atoms with E-state index in [9.17, 15) is 9.59 Å². The highest BCUT2D eigenvalue weighted by Crippen LogP contribution is 2.12. The second kappa shape index (κ2) is 8.08. The van der Waals surface area contributed by atoms with Gasteiger partial charge in [-0.25, -0.2) is 0 Å². The number of carbonyl (C=O) groups excluding carboxylic acids is 2. The zero-order valence-electron chi connectivity index (χ0n) is 11.3. The molecule has 0 atom stereocenters. The third-order valence-corrected chi connectivity index (χ3v) is 3.35. The van der Waals surface area contributed by atoms with Crippen LogP contribution < -0.4 is 11.1 Å². The van der Waals surface area contributed by atoms with E-state index < -0.39 is 0 Å². The Morgan fingerprint density at radius 3 is 2.44 bits per heavy atom. The lowest BCUT2D eigenvalue weighted by molar-refractivity contribution is -0.132. The third-order valence-electron chi connectivity index (χ3n) is 3.35. The number of amides is 2. The summed E-state index contributed by atoms with van der Waals surface area (Å²) in [6, 6.07) is 0.240. The fourth-order valence-corrected chi connectivity index (χ4v) is 2.32. The van der Waals surface area contributed by atoms with E-state index in [2.05, 4.69) is 5.32 Å². The molecule has 0 aliphatic carbocycles. The molecule has 1 fully saturated rings. The fourth-order valence-electron chi connectivity index (χ4n) is 2.32. The molecule has 0 saturated carbocycles. The van der Waals surface area contributed by atoms with Gasteiger partial charge >= 0.3 is 0 Å². The largest absolute Gasteiger partial charge is 0.353 e. The van der Waals surface area contributed by atoms with Crippen LogP contribution in [-0.4, -0.2) is 42.4 Å². The number of rotatable bonds is 6. The highest BCUT2D eigenvalue weighted by Gasteiger charge is 2.22. The Morgan fingerprint density at radius 2 is 1.89 bits per heavy atom. The van der Waals surface area contributed by atoms with Gasteiger partial charge in [0.05, 0.1) is 0 Å². The number of nitrogens with zero attached hydrogens (tertiary/aromatic N) is 1. The lowest BCUT2D eigenvalue weighted by Crippen LogP contribution is -2.46. The van der Waals surface area contributed by atoms with Crippen molar-refractivity contribution in [3.8, 4) is 0 Å². The first kappa shape index (κ1) is 15.0. The molecule has 0 radical (unpaired) electrons. The molecule has 0 aromatic heterocycles. The van der Waals surface area contributed by atoms with E-state index in [1.165, 1.54) is 6.92 Å². The van der Waals surface area contributed by atoms with Crippen molar-refractivity contribution in [1.29, 1.82) is 0 Å². The average molecular weight is 255 g/mol. The van der Waals surface area contributed by atoms with E-state index in [0.717, 1.165) is 45.2 Å². The number of likely N-dealkylation sites (tertiary alicyclic amines) is 1. The molecule has 0 aromatic rings. The van der Waals surface area contributed by atoms with Crippen LogP contribution in [0.4, 0.5) is 0 Å². The summed E-state index contributed by atoms with van der Waals surface area (Å²) >= 11 is 0. The van der Waals surface area contributed by atoms with E-state index in [1.807, 2.05) is 4.90 Å². The topological polar surface area (TPSA) is 75.4 Å². The molecular formula is C13H25N3O2. The number of hydrogen-bond donors (Lipinski definition) is 2. The van der Waals surface area contributed by atoms with Crippen molar-refractivity contribution in [2.45, 2.75) is 51.5 Å². The molecule has 3 N–H and O–H groups in total. The Hall–Kier alpha value is -1.10. The summed E-state index contributed by atoms with van der Waals surface area (Å²) in [5.74, 6) is 0.259. The fraction of sp³-hybridized carbons (Fsp3) is 0.846. The van der Waals surface area contributed by atoms with Crippen LogP contribution in [0.1, 0.15) is 45.4 Å². The molecule has 1 aliphatic heterocycles. The minimum Gasteiger partial charge on any atom is -0.353 e. The number of unbranched alkanes of at least 4 members (excludes halogenated alkanes) is 2. The Morgan fingerprint density at radius 1 is 1.22 bits per heavy atom. The van der Waals surface area contributed by atoms with Crippen molar-refractivity contribution in [3.63, 3.8) is 0 Å². The number of carbonyl (C=O) groups is 2. The van der Waals surface area contributed by atoms with Crippen LogP contribution in [0.3, 0.4) is 0 Å². The van der Waals surface area contributed by atoms with Crippen molar-refractivity contribution in [1.82, 2.24) is 10.2 Å². The normalized spacial score (nSPS) is 16.7. The second-order valence-corrected chi connectivity index (χ2v) is 4.95. The van der Waals surface area contributed by atoms with Gasteiger partial charge in [0.25, 0.3) is 0 Å². The minimum atomic E-state index is 0.0153. The van der Waals surface area contributed by atoms with Gasteiger partial charge in [0.15, 0.2) is 0 Å². The summed E-state index contributed by atoms with van der Waals surface area (Å²) in [5, 5.41) is 2.91. The number of nitrogens with two attached hydrogens (primary N) is 1. The first-order valence-electron chi connectivity index (χ1n) is 6.88. The maximum Gasteiger partial charge on any atom is 0.222 e. The first-order valence-corrected chi connectivity index (χ1v) is 6.88. The van der Waals surface area contributed by atoms with Crippen molar-refractivity contribution in [3.05, 3.63) is 0 Å². The minimum absolute atomic E-state index is 0.0153. The van der Waals surface area contributed by atoms with Gasteiger partial charge < -0.3 is 16.0 Å². The van der Waals surface area contributed by atoms with Crippen molar-refractivity contribution >= 4 is 11.8 Å². The molecular weight excluding hydrogens is 230 g/mol. The molecule has 0 unspecified atom stereocenters. The van der Waals surface area contributed by atoms with Crippen molar-refractivity contribution < 1.29 is 9.59 Å². The quantitative estimate of drug-likeness (QED) is 0.684. The van der Waals surface area contributed by atoms with Gasteiger partial charge in [0, 0.05) is 32.5 Å². The van der Waals surface area contributed by atoms with Gasteiger partial charge in [-0.1, -0.05) is 6.42 Å². The molecule has 5 nitrogen and oxygen atoms in total. The Kier molecular flexibility index (Phi) is 6.72. The highest BCUT2D eigenvalue weighted by molar-refractivity contribution is 5.76. The van der Waals surface area contributed by atoms with Crippen LogP contribution in [0.2, 0.25) is 0 Å². The zero-order chi connectivity index (χ0) is 13.4. The van der Waals surface area contributed by atoms with Gasteiger partial charge in [0.2, 0.25) is 11.8 Å². The van der Waals surface area contributed by atoms with E-state index in [-0.39, 0.29) is 17.9 Å². The lowest BCUT2D eigenvalue weighted by atomic mass is 10.0. The third kappa shape index (κ3) is 5.49. The highest BCUT2D eigenvalue weighted by atomic mass is 16.2. The van der Waals surface area contributed by atoms with Crippen LogP contribution >= 0.6 is 0 Å². The summed E-state index contributed by atoms with van der Waals surface area (Å²) < 4.78 is 0. The molecule has 0 bridgehead atoms. The molecule has 104 valence electrons. The van der Waals surface area contributed by atoms with Crippen LogP contribution in [-0.2, 0) is 9.59 Å². The van der Waals surface area contributed by atoms with Crippen LogP contribution in [0, 0.1) is 0 Å². The SMILES string of the molecule is CC(=O)NC1CCN(C(=O)CCCCCN)CC1. The van der Waals surface area contributed by atoms with Gasteiger partial charge in [-0.2, -0.15) is 0 Å². The van der Waals surface area contributed by atoms with Crippen LogP contribution in [0.25, 0.3) is 0 Å². The predicted octanol–water partition coefficient (Wildman–Crippen LogP) is 0.633. The summed E-state index contributed by atoms with van der Waals surface area (Å²) in [7, 11) is 0. The Bertz CT molecular complexity index is 273. The monoisotopic (exact) mass is 255 g/mol. The molecule has 18 heavy (non-hydrogen) atoms. The second-order valence-electron chi connectivity index (χ2n) is 4.95. The predicted molar refractivity (Wildman–Crippen MR) is 70.9 cm³/mol. The first-order chi connectivity index (χ1) is 8.63. The molecule has 1 saturated heterocycles. The van der Waals surface area contributed by atoms with Crippen LogP contribution in [0.5, 0.6) is 0 Å². The average Bonchev–Trinajstić information content (AvgIpc) is 2.34. The van der Waals surface area contributed by atoms with E-state index in [4.69, 9.17) is 5.73 Å². The maximum absolute atomic E-state index is 11.9. The molecule has 0 aromatic carbocycles. The van der Waals surface area contributed by atoms with Crippen LogP contribution in [0.15, 0.2) is 0 Å². The van der Waals surface area contributed by atoms with Gasteiger partial charge in [0.1, 0.15) is 0 Å². The summed E-state index contributed by atoms with van der Waals surface area (Å²) in [4.78, 5) is 24.7. The Labute approximate surface area is 109 Å². The maximum atomic E-state index is 11.9. The molecule has 1 heterocycles. The Balaban J connectivity index is 2.17. The number of piperidine rings is 1. The lowest BCUT2D eigenvalue weighted by Gasteiger charge is -2.32. The number of hydrogen-bond acceptors (Lipinski definition) is 3.